The van der Waals surface area contributed by atoms with E-state index in [1.807, 2.05) is 37.3 Å². The number of amides is 3. The molecule has 0 radical (unpaired) electrons. The van der Waals surface area contributed by atoms with Crippen molar-refractivity contribution in [1.82, 2.24) is 10.2 Å². The molecule has 1 unspecified atom stereocenters. The standard InChI is InChI=1S/C24H20N2O3/c1-16(18-9-3-2-4-10-18)25-22(27)19-11-7-8-17(14-19)15-26-23(28)20-12-5-6-13-21(20)24(26)29/h2-14,16H,15H2,1H3,(H,25,27). The fourth-order valence-corrected chi connectivity index (χ4v) is 3.48. The highest BCUT2D eigenvalue weighted by atomic mass is 16.2. The number of hydrogen-bond acceptors (Lipinski definition) is 3. The van der Waals surface area contributed by atoms with Crippen LogP contribution in [0.3, 0.4) is 0 Å². The van der Waals surface area contributed by atoms with Crippen LogP contribution in [0.1, 0.15) is 55.2 Å². The third kappa shape index (κ3) is 3.67. The van der Waals surface area contributed by atoms with E-state index >= 15 is 0 Å². The highest BCUT2D eigenvalue weighted by Gasteiger charge is 2.35. The van der Waals surface area contributed by atoms with Gasteiger partial charge in [0.25, 0.3) is 17.7 Å². The first-order valence-electron chi connectivity index (χ1n) is 9.44. The van der Waals surface area contributed by atoms with Gasteiger partial charge in [-0.25, -0.2) is 0 Å². The summed E-state index contributed by atoms with van der Waals surface area (Å²) in [5, 5.41) is 2.98. The number of fused-ring (bicyclic) bond motifs is 1. The predicted octanol–water partition coefficient (Wildman–Crippen LogP) is 3.97. The van der Waals surface area contributed by atoms with Gasteiger partial charge in [-0.2, -0.15) is 0 Å². The SMILES string of the molecule is CC(NC(=O)c1cccc(CN2C(=O)c3ccccc3C2=O)c1)c1ccccc1. The van der Waals surface area contributed by atoms with Crippen LogP contribution in [0.2, 0.25) is 0 Å². The molecule has 29 heavy (non-hydrogen) atoms. The van der Waals surface area contributed by atoms with E-state index in [1.54, 1.807) is 48.5 Å². The Morgan fingerprint density at radius 1 is 0.862 bits per heavy atom. The van der Waals surface area contributed by atoms with E-state index in [9.17, 15) is 14.4 Å². The second-order valence-corrected chi connectivity index (χ2v) is 7.05. The summed E-state index contributed by atoms with van der Waals surface area (Å²) in [6.45, 7) is 2.05. The van der Waals surface area contributed by atoms with Crippen LogP contribution < -0.4 is 5.32 Å². The fourth-order valence-electron chi connectivity index (χ4n) is 3.48. The molecule has 1 atom stereocenters. The number of rotatable bonds is 5. The van der Waals surface area contributed by atoms with Crippen molar-refractivity contribution < 1.29 is 14.4 Å². The van der Waals surface area contributed by atoms with Crippen LogP contribution in [0.25, 0.3) is 0 Å². The Balaban J connectivity index is 1.49. The lowest BCUT2D eigenvalue weighted by molar-refractivity contribution is 0.0642. The Bertz CT molecular complexity index is 1060. The van der Waals surface area contributed by atoms with Crippen LogP contribution >= 0.6 is 0 Å². The van der Waals surface area contributed by atoms with Gasteiger partial charge in [-0.1, -0.05) is 54.6 Å². The van der Waals surface area contributed by atoms with Crippen LogP contribution in [-0.4, -0.2) is 22.6 Å². The molecule has 3 amide bonds. The number of carbonyl (C=O) groups excluding carboxylic acids is 3. The lowest BCUT2D eigenvalue weighted by Crippen LogP contribution is -2.29. The summed E-state index contributed by atoms with van der Waals surface area (Å²) in [6, 6.07) is 23.4. The molecule has 1 N–H and O–H groups in total. The smallest absolute Gasteiger partial charge is 0.261 e. The molecule has 0 bridgehead atoms. The maximum absolute atomic E-state index is 12.7. The molecule has 5 heteroatoms. The molecule has 3 aromatic carbocycles. The van der Waals surface area contributed by atoms with Gasteiger partial charge >= 0.3 is 0 Å². The number of nitrogens with one attached hydrogen (secondary N) is 1. The van der Waals surface area contributed by atoms with Gasteiger partial charge < -0.3 is 5.32 Å². The maximum atomic E-state index is 12.7. The number of hydrogen-bond donors (Lipinski definition) is 1. The third-order valence-electron chi connectivity index (χ3n) is 5.06. The second-order valence-electron chi connectivity index (χ2n) is 7.05. The maximum Gasteiger partial charge on any atom is 0.261 e. The zero-order valence-electron chi connectivity index (χ0n) is 16.0. The highest BCUT2D eigenvalue weighted by molar-refractivity contribution is 6.21. The van der Waals surface area contributed by atoms with E-state index in [4.69, 9.17) is 0 Å². The molecule has 0 saturated carbocycles. The molecule has 5 nitrogen and oxygen atoms in total. The molecular weight excluding hydrogens is 364 g/mol. The van der Waals surface area contributed by atoms with Crippen LogP contribution in [0.5, 0.6) is 0 Å². The average Bonchev–Trinajstić information content (AvgIpc) is 2.99. The molecule has 0 saturated heterocycles. The zero-order valence-corrected chi connectivity index (χ0v) is 16.0. The summed E-state index contributed by atoms with van der Waals surface area (Å²) in [5.74, 6) is -0.818. The lowest BCUT2D eigenvalue weighted by Gasteiger charge is -2.16. The van der Waals surface area contributed by atoms with Crippen molar-refractivity contribution in [1.29, 1.82) is 0 Å². The first kappa shape index (κ1) is 18.6. The van der Waals surface area contributed by atoms with E-state index in [2.05, 4.69) is 5.32 Å². The fraction of sp³-hybridized carbons (Fsp3) is 0.125. The third-order valence-corrected chi connectivity index (χ3v) is 5.06. The minimum absolute atomic E-state index is 0.127. The topological polar surface area (TPSA) is 66.5 Å². The van der Waals surface area contributed by atoms with Crippen molar-refractivity contribution in [3.8, 4) is 0 Å². The first-order chi connectivity index (χ1) is 14.0. The predicted molar refractivity (Wildman–Crippen MR) is 109 cm³/mol. The molecule has 0 fully saturated rings. The molecule has 0 aromatic heterocycles. The van der Waals surface area contributed by atoms with Crippen molar-refractivity contribution >= 4 is 17.7 Å². The molecule has 0 spiro atoms. The molecule has 1 aliphatic rings. The van der Waals surface area contributed by atoms with Crippen LogP contribution in [0, 0.1) is 0 Å². The Labute approximate surface area is 169 Å². The van der Waals surface area contributed by atoms with Crippen molar-refractivity contribution in [2.75, 3.05) is 0 Å². The molecule has 4 rings (SSSR count). The minimum atomic E-state index is -0.307. The Morgan fingerprint density at radius 3 is 2.14 bits per heavy atom. The lowest BCUT2D eigenvalue weighted by atomic mass is 10.1. The van der Waals surface area contributed by atoms with Gasteiger partial charge in [0.1, 0.15) is 0 Å². The van der Waals surface area contributed by atoms with E-state index in [0.717, 1.165) is 11.1 Å². The monoisotopic (exact) mass is 384 g/mol. The van der Waals surface area contributed by atoms with Crippen molar-refractivity contribution in [3.05, 3.63) is 107 Å². The average molecular weight is 384 g/mol. The van der Waals surface area contributed by atoms with Crippen LogP contribution in [0.15, 0.2) is 78.9 Å². The van der Waals surface area contributed by atoms with Crippen molar-refractivity contribution in [2.45, 2.75) is 19.5 Å². The van der Waals surface area contributed by atoms with Gasteiger partial charge in [0.15, 0.2) is 0 Å². The van der Waals surface area contributed by atoms with Gasteiger partial charge in [-0.3, -0.25) is 19.3 Å². The summed E-state index contributed by atoms with van der Waals surface area (Å²) in [6.07, 6.45) is 0. The second kappa shape index (κ2) is 7.72. The normalized spacial score (nSPS) is 13.9. The van der Waals surface area contributed by atoms with Crippen molar-refractivity contribution in [2.24, 2.45) is 0 Å². The van der Waals surface area contributed by atoms with Crippen LogP contribution in [0.4, 0.5) is 0 Å². The number of nitrogens with zero attached hydrogens (tertiary/aromatic N) is 1. The molecule has 0 aliphatic carbocycles. The van der Waals surface area contributed by atoms with E-state index in [1.165, 1.54) is 4.90 Å². The number of imide groups is 1. The Hall–Kier alpha value is -3.73. The van der Waals surface area contributed by atoms with Gasteiger partial charge in [0.2, 0.25) is 0 Å². The molecule has 1 heterocycles. The highest BCUT2D eigenvalue weighted by Crippen LogP contribution is 2.24. The first-order valence-corrected chi connectivity index (χ1v) is 9.44. The van der Waals surface area contributed by atoms with Gasteiger partial charge in [0.05, 0.1) is 23.7 Å². The molecule has 144 valence electrons. The van der Waals surface area contributed by atoms with Crippen molar-refractivity contribution in [3.63, 3.8) is 0 Å². The molecular formula is C24H20N2O3. The largest absolute Gasteiger partial charge is 0.346 e. The minimum Gasteiger partial charge on any atom is -0.346 e. The summed E-state index contributed by atoms with van der Waals surface area (Å²) < 4.78 is 0. The quantitative estimate of drug-likeness (QED) is 0.677. The van der Waals surface area contributed by atoms with E-state index in [-0.39, 0.29) is 30.3 Å². The summed E-state index contributed by atoms with van der Waals surface area (Å²) in [7, 11) is 0. The van der Waals surface area contributed by atoms with Gasteiger partial charge in [-0.15, -0.1) is 0 Å². The summed E-state index contributed by atoms with van der Waals surface area (Å²) >= 11 is 0. The number of benzene rings is 3. The molecule has 3 aromatic rings. The summed E-state index contributed by atoms with van der Waals surface area (Å²) in [4.78, 5) is 39.0. The Kier molecular flexibility index (Phi) is 4.96. The van der Waals surface area contributed by atoms with Crippen LogP contribution in [-0.2, 0) is 6.54 Å². The van der Waals surface area contributed by atoms with E-state index in [0.29, 0.717) is 16.7 Å². The van der Waals surface area contributed by atoms with E-state index < -0.39 is 0 Å². The Morgan fingerprint density at radius 2 is 1.48 bits per heavy atom. The summed E-state index contributed by atoms with van der Waals surface area (Å²) in [5.41, 5.74) is 3.07. The number of carbonyl (C=O) groups is 3. The molecule has 1 aliphatic heterocycles. The van der Waals surface area contributed by atoms with Gasteiger partial charge in [-0.05, 0) is 42.3 Å². The van der Waals surface area contributed by atoms with Gasteiger partial charge in [0, 0.05) is 5.56 Å². The zero-order chi connectivity index (χ0) is 20.4.